The van der Waals surface area contributed by atoms with Crippen LogP contribution in [0.15, 0.2) is 12.7 Å². The van der Waals surface area contributed by atoms with Crippen LogP contribution in [0, 0.1) is 0 Å². The summed E-state index contributed by atoms with van der Waals surface area (Å²) in [5, 5.41) is 0. The average Bonchev–Trinajstić information content (AvgIpc) is 1.80. The van der Waals surface area contributed by atoms with Crippen LogP contribution in [0.4, 0.5) is 0 Å². The number of unbranched alkanes of at least 4 members (excludes halogenated alkanes) is 1. The van der Waals surface area contributed by atoms with Crippen LogP contribution in [0.1, 0.15) is 19.8 Å². The summed E-state index contributed by atoms with van der Waals surface area (Å²) < 4.78 is 6.07. The minimum absolute atomic E-state index is 0.796. The van der Waals surface area contributed by atoms with Crippen molar-refractivity contribution in [1.82, 2.24) is 0 Å². The van der Waals surface area contributed by atoms with Crippen LogP contribution in [-0.2, 0) is 20.6 Å². The van der Waals surface area contributed by atoms with E-state index in [0.717, 1.165) is 24.0 Å². The normalized spacial score (nSPS) is 9.00. The Morgan fingerprint density at radius 1 is 1.78 bits per heavy atom. The van der Waals surface area contributed by atoms with Crippen molar-refractivity contribution in [2.75, 3.05) is 6.61 Å². The van der Waals surface area contributed by atoms with Crippen LogP contribution in [-0.4, -0.2) is 11.2 Å². The van der Waals surface area contributed by atoms with Gasteiger partial charge in [0.15, 0.2) is 0 Å². The molecular formula is C7H12CrO. The monoisotopic (exact) mass is 164 g/mol. The Labute approximate surface area is 64.7 Å². The summed E-state index contributed by atoms with van der Waals surface area (Å²) in [5.41, 5.74) is 0. The van der Waals surface area contributed by atoms with E-state index >= 15 is 0 Å². The molecule has 0 aliphatic heterocycles. The van der Waals surface area contributed by atoms with E-state index in [1.165, 1.54) is 0 Å². The van der Waals surface area contributed by atoms with Crippen molar-refractivity contribution in [2.45, 2.75) is 19.8 Å². The molecule has 0 unspecified atom stereocenters. The zero-order valence-corrected chi connectivity index (χ0v) is 7.00. The van der Waals surface area contributed by atoms with Gasteiger partial charge in [0.05, 0.1) is 0 Å². The van der Waals surface area contributed by atoms with Crippen LogP contribution < -0.4 is 0 Å². The van der Waals surface area contributed by atoms with Gasteiger partial charge in [-0.25, -0.2) is 0 Å². The molecule has 0 aromatic heterocycles. The van der Waals surface area contributed by atoms with Gasteiger partial charge in [-0.15, -0.1) is 0 Å². The van der Waals surface area contributed by atoms with Gasteiger partial charge in [0.2, 0.25) is 0 Å². The quantitative estimate of drug-likeness (QED) is 0.443. The van der Waals surface area contributed by atoms with E-state index in [0.29, 0.717) is 0 Å². The van der Waals surface area contributed by atoms with Crippen LogP contribution in [0.5, 0.6) is 0 Å². The van der Waals surface area contributed by atoms with Gasteiger partial charge in [-0.05, 0) is 0 Å². The molecule has 0 fully saturated rings. The summed E-state index contributed by atoms with van der Waals surface area (Å²) in [6.07, 6.45) is 3.99. The fraction of sp³-hybridized carbons (Fsp3) is 0.571. The standard InChI is InChI=1S/C7H12O.Cr/c1-3-5-6-7-8-4-2;/h3H,1,5-7H2,2H3;. The summed E-state index contributed by atoms with van der Waals surface area (Å²) in [6.45, 7) is 6.31. The van der Waals surface area contributed by atoms with Gasteiger partial charge < -0.3 is 0 Å². The van der Waals surface area contributed by atoms with E-state index in [-0.39, 0.29) is 0 Å². The summed E-state index contributed by atoms with van der Waals surface area (Å²) in [5.74, 6) is 0. The molecule has 52 valence electrons. The second kappa shape index (κ2) is 6.23. The molecule has 0 aromatic rings. The van der Waals surface area contributed by atoms with E-state index in [1.54, 1.807) is 0 Å². The SMILES string of the molecule is C=CCCCO[C](C)=[Cr]. The van der Waals surface area contributed by atoms with E-state index in [2.05, 4.69) is 22.4 Å². The predicted octanol–water partition coefficient (Wildman–Crippen LogP) is 1.67. The van der Waals surface area contributed by atoms with Gasteiger partial charge in [-0.2, -0.15) is 0 Å². The third-order valence-corrected chi connectivity index (χ3v) is 1.04. The molecule has 0 radical (unpaired) electrons. The number of hydrogen-bond acceptors (Lipinski definition) is 1. The Morgan fingerprint density at radius 2 is 2.44 bits per heavy atom. The van der Waals surface area contributed by atoms with Crippen molar-refractivity contribution in [2.24, 2.45) is 0 Å². The number of allylic oxidation sites excluding steroid dienone is 1. The molecule has 0 aromatic carbocycles. The molecule has 0 N–H and O–H groups in total. The van der Waals surface area contributed by atoms with Crippen molar-refractivity contribution in [3.8, 4) is 0 Å². The van der Waals surface area contributed by atoms with Crippen molar-refractivity contribution in [1.29, 1.82) is 0 Å². The Kier molecular flexibility index (Phi) is 6.30. The van der Waals surface area contributed by atoms with E-state index in [9.17, 15) is 0 Å². The molecular weight excluding hydrogens is 152 g/mol. The van der Waals surface area contributed by atoms with Gasteiger partial charge in [0.25, 0.3) is 0 Å². The Bertz CT molecular complexity index is 99.1. The molecule has 0 spiro atoms. The maximum atomic E-state index is 5.16. The second-order valence-corrected chi connectivity index (χ2v) is 2.67. The molecule has 0 saturated carbocycles. The van der Waals surface area contributed by atoms with Crippen LogP contribution in [0.3, 0.4) is 0 Å². The Morgan fingerprint density at radius 3 is 2.89 bits per heavy atom. The van der Waals surface area contributed by atoms with Gasteiger partial charge in [0, 0.05) is 0 Å². The Hall–Kier alpha value is 0.102. The van der Waals surface area contributed by atoms with E-state index in [4.69, 9.17) is 4.74 Å². The molecule has 9 heavy (non-hydrogen) atoms. The number of hydrogen-bond donors (Lipinski definition) is 0. The fourth-order valence-corrected chi connectivity index (χ4v) is 0.574. The van der Waals surface area contributed by atoms with Gasteiger partial charge in [-0.3, -0.25) is 0 Å². The van der Waals surface area contributed by atoms with E-state index in [1.807, 2.05) is 13.0 Å². The summed E-state index contributed by atoms with van der Waals surface area (Å²) in [7, 11) is 0. The third-order valence-electron chi connectivity index (χ3n) is 0.858. The molecule has 0 amide bonds. The maximum absolute atomic E-state index is 5.16. The molecule has 2 heteroatoms. The van der Waals surface area contributed by atoms with Crippen molar-refractivity contribution < 1.29 is 20.6 Å². The first-order valence-corrected chi connectivity index (χ1v) is 3.65. The first-order chi connectivity index (χ1) is 4.27. The van der Waals surface area contributed by atoms with E-state index < -0.39 is 0 Å². The molecule has 1 nitrogen and oxygen atoms in total. The van der Waals surface area contributed by atoms with Crippen molar-refractivity contribution in [3.05, 3.63) is 12.7 Å². The van der Waals surface area contributed by atoms with Crippen LogP contribution in [0.2, 0.25) is 0 Å². The second-order valence-electron chi connectivity index (χ2n) is 1.77. The summed E-state index contributed by atoms with van der Waals surface area (Å²) >= 11 is 2.79. The molecule has 0 rings (SSSR count). The molecule has 0 bridgehead atoms. The van der Waals surface area contributed by atoms with Gasteiger partial charge in [-0.1, -0.05) is 0 Å². The molecule has 0 saturated heterocycles. The molecule has 0 aliphatic rings. The molecule has 0 atom stereocenters. The predicted molar refractivity (Wildman–Crippen MR) is 36.1 cm³/mol. The van der Waals surface area contributed by atoms with Gasteiger partial charge in [0.1, 0.15) is 0 Å². The number of rotatable bonds is 5. The first-order valence-electron chi connectivity index (χ1n) is 3.01. The fourth-order valence-electron chi connectivity index (χ4n) is 0.444. The van der Waals surface area contributed by atoms with Crippen LogP contribution >= 0.6 is 0 Å². The topological polar surface area (TPSA) is 9.23 Å². The van der Waals surface area contributed by atoms with Crippen LogP contribution in [0.25, 0.3) is 0 Å². The summed E-state index contributed by atoms with van der Waals surface area (Å²) in [6, 6.07) is 0. The van der Waals surface area contributed by atoms with Gasteiger partial charge >= 0.3 is 64.2 Å². The Balaban J connectivity index is 2.91. The zero-order valence-electron chi connectivity index (χ0n) is 5.72. The zero-order chi connectivity index (χ0) is 7.11. The van der Waals surface area contributed by atoms with Crippen molar-refractivity contribution in [3.63, 3.8) is 0 Å². The van der Waals surface area contributed by atoms with Crippen molar-refractivity contribution >= 4 is 4.57 Å². The first kappa shape index (κ1) is 9.10. The third kappa shape index (κ3) is 8.10. The number of ether oxygens (including phenoxy) is 1. The molecule has 0 heterocycles. The molecule has 0 aliphatic carbocycles. The minimum atomic E-state index is 0.796. The average molecular weight is 164 g/mol. The summed E-state index contributed by atoms with van der Waals surface area (Å²) in [4.78, 5) is 0.